The van der Waals surface area contributed by atoms with Crippen LogP contribution >= 0.6 is 11.3 Å². The maximum absolute atomic E-state index is 13.7. The number of rotatable bonds is 27. The summed E-state index contributed by atoms with van der Waals surface area (Å²) in [6.45, 7) is 6.92. The highest BCUT2D eigenvalue weighted by Gasteiger charge is 2.36. The van der Waals surface area contributed by atoms with E-state index in [0.717, 1.165) is 161 Å². The Bertz CT molecular complexity index is 6680. The van der Waals surface area contributed by atoms with Crippen molar-refractivity contribution in [1.82, 2.24) is 129 Å². The molecule has 0 unspecified atom stereocenters. The minimum Gasteiger partial charge on any atom is -0.369 e. The van der Waals surface area contributed by atoms with Gasteiger partial charge in [0.2, 0.25) is 17.7 Å². The van der Waals surface area contributed by atoms with E-state index < -0.39 is 15.8 Å². The predicted molar refractivity (Wildman–Crippen MR) is 510 cm³/mol. The molecule has 6 N–H and O–H groups in total. The molecule has 3 saturated carbocycles. The lowest BCUT2D eigenvalue weighted by Gasteiger charge is -2.36. The molecule has 16 aromatic rings. The number of carbonyl (C=O) groups excluding carboxylic acids is 2. The molecule has 0 atom stereocenters. The average Bonchev–Trinajstić information content (AvgIpc) is 1.82. The normalized spacial score (nSPS) is 15.6. The van der Waals surface area contributed by atoms with E-state index in [-0.39, 0.29) is 36.5 Å². The van der Waals surface area contributed by atoms with Gasteiger partial charge in [0.25, 0.3) is 0 Å². The number of aromatic nitrogens is 24. The Morgan fingerprint density at radius 1 is 0.406 bits per heavy atom. The number of hydrogen-bond acceptors (Lipinski definition) is 26. The highest BCUT2D eigenvalue weighted by molar-refractivity contribution is 7.90. The van der Waals surface area contributed by atoms with E-state index in [2.05, 4.69) is 112 Å². The van der Waals surface area contributed by atoms with Crippen LogP contribution in [-0.4, -0.2) is 194 Å². The lowest BCUT2D eigenvalue weighted by atomic mass is 9.80. The topological polar surface area (TPSA) is 394 Å². The smallest absolute Gasteiger partial charge is 0.248 e. The van der Waals surface area contributed by atoms with E-state index in [9.17, 15) is 26.8 Å². The largest absolute Gasteiger partial charge is 0.369 e. The van der Waals surface area contributed by atoms with Gasteiger partial charge in [-0.05, 0) is 110 Å². The van der Waals surface area contributed by atoms with Crippen LogP contribution in [0.15, 0.2) is 209 Å². The SMILES string of the molecule is CC(=O)NCC1CC(Nc2nc(-c3cccc(-c4cnn(C)c4)c3)ncc2-c2cnn(C)c2)C1.CC(=O)NCC1CC(Nc2nc(-c3cccc(-c4cnn(C)c4)c3)ncc2-c2cnn(C)c2)C1.Cc1nnc(-c2cnc(-c3cccc(-c4cnn(C)c4)c3)nc2NC2CCC(F)(F)CC2)s1.Cn1cc(-c2cccc(-c3ncc(-c4cnn(C)c4)c(NCCCS(C)(=O)=O)n3)c2)cn1. The number of sulfone groups is 1. The summed E-state index contributed by atoms with van der Waals surface area (Å²) in [4.78, 5) is 60.4. The first-order valence-corrected chi connectivity index (χ1v) is 46.6. The summed E-state index contributed by atoms with van der Waals surface area (Å²) in [5.41, 5.74) is 18.1. The minimum atomic E-state index is -3.01. The second-order valence-corrected chi connectivity index (χ2v) is 37.4. The number of benzene rings is 4. The standard InChI is InChI=1S/2C25H28N8O.C23H23F2N7S.C22H25N7O2S/c2*1-16(34)26-10-17-7-22(8-17)30-25-23(21-12-29-33(3)15-21)13-27-24(31-25)19-6-4-5-18(9-19)20-11-28-32(2)14-20;1-14-30-31-22(33-14)19-12-26-20(29-21(19)28-18-6-8-23(24,25)9-7-18)16-5-3-4-15(10-16)17-11-27-32(2)13-17;1-28-14-18(11-25-28)16-6-4-7-17(10-16)21-24-13-20(19-12-26-29(2)15-19)22(27-21)23-8-5-9-32(3,30)31/h2*4-6,9,11-15,17,22H,7-8,10H2,1-3H3,(H,26,34)(H,27,30,31);3-5,10-13,18H,6-9H2,1-2H3,(H,26,28,29);4,6-7,10-15H,5,8-9H2,1-3H3,(H,23,24,27). The summed E-state index contributed by atoms with van der Waals surface area (Å²) < 4.78 is 62.6. The van der Waals surface area contributed by atoms with E-state index in [1.54, 1.807) is 65.2 Å². The van der Waals surface area contributed by atoms with Gasteiger partial charge in [0.15, 0.2) is 28.3 Å². The first-order chi connectivity index (χ1) is 64.0. The van der Waals surface area contributed by atoms with Crippen LogP contribution < -0.4 is 31.9 Å². The van der Waals surface area contributed by atoms with Crippen LogP contribution in [-0.2, 0) is 68.8 Å². The molecular formula is C95H104F2N30O4S2. The third-order valence-electron chi connectivity index (χ3n) is 23.1. The molecule has 0 saturated heterocycles. The number of carbonyl (C=O) groups is 2. The fourth-order valence-corrected chi connectivity index (χ4v) is 17.4. The van der Waals surface area contributed by atoms with E-state index in [4.69, 9.17) is 29.9 Å². The molecule has 0 radical (unpaired) electrons. The van der Waals surface area contributed by atoms with Crippen LogP contribution in [0, 0.1) is 18.8 Å². The molecule has 0 spiro atoms. The van der Waals surface area contributed by atoms with Crippen molar-refractivity contribution in [2.75, 3.05) is 52.9 Å². The molecule has 684 valence electrons. The van der Waals surface area contributed by atoms with Gasteiger partial charge in [0.1, 0.15) is 38.1 Å². The molecule has 12 heterocycles. The van der Waals surface area contributed by atoms with Gasteiger partial charge in [0.05, 0.1) is 54.7 Å². The monoisotopic (exact) mass is 1830 g/mol. The van der Waals surface area contributed by atoms with E-state index >= 15 is 0 Å². The number of nitrogens with one attached hydrogen (secondary N) is 6. The first-order valence-electron chi connectivity index (χ1n) is 43.7. The second-order valence-electron chi connectivity index (χ2n) is 34.0. The number of hydrogen-bond donors (Lipinski definition) is 6. The zero-order valence-corrected chi connectivity index (χ0v) is 77.3. The van der Waals surface area contributed by atoms with Crippen LogP contribution in [0.3, 0.4) is 0 Å². The van der Waals surface area contributed by atoms with Gasteiger partial charge in [-0.3, -0.25) is 42.4 Å². The Morgan fingerprint density at radius 2 is 0.707 bits per heavy atom. The number of nitrogens with zero attached hydrogens (tertiary/aromatic N) is 24. The fraction of sp³-hybridized carbons (Fsp3) is 0.316. The molecule has 133 heavy (non-hydrogen) atoms. The molecule has 12 aromatic heterocycles. The van der Waals surface area contributed by atoms with Crippen molar-refractivity contribution in [3.05, 3.63) is 214 Å². The van der Waals surface area contributed by atoms with Gasteiger partial charge in [-0.1, -0.05) is 84.1 Å². The van der Waals surface area contributed by atoms with Crippen molar-refractivity contribution in [1.29, 1.82) is 0 Å². The zero-order chi connectivity index (χ0) is 93.0. The van der Waals surface area contributed by atoms with Crippen LogP contribution in [0.1, 0.15) is 76.6 Å². The molecule has 0 bridgehead atoms. The van der Waals surface area contributed by atoms with Gasteiger partial charge in [0, 0.05) is 266 Å². The van der Waals surface area contributed by atoms with Gasteiger partial charge in [-0.15, -0.1) is 10.2 Å². The quantitative estimate of drug-likeness (QED) is 0.0260. The maximum atomic E-state index is 13.7. The average molecular weight is 1830 g/mol. The Kier molecular flexibility index (Phi) is 28.0. The Balaban J connectivity index is 0.000000129. The lowest BCUT2D eigenvalue weighted by molar-refractivity contribution is -0.120. The van der Waals surface area contributed by atoms with Crippen LogP contribution in [0.5, 0.6) is 0 Å². The molecule has 34 nitrogen and oxygen atoms in total. The van der Waals surface area contributed by atoms with Crippen molar-refractivity contribution in [3.63, 3.8) is 0 Å². The van der Waals surface area contributed by atoms with Crippen molar-refractivity contribution in [2.45, 2.75) is 103 Å². The van der Waals surface area contributed by atoms with Crippen molar-refractivity contribution in [2.24, 2.45) is 61.2 Å². The molecule has 38 heteroatoms. The number of aryl methyl sites for hydroxylation is 8. The third kappa shape index (κ3) is 23.9. The van der Waals surface area contributed by atoms with Crippen molar-refractivity contribution < 1.29 is 26.8 Å². The summed E-state index contributed by atoms with van der Waals surface area (Å²) in [7, 11) is 10.2. The molecule has 0 aliphatic heterocycles. The molecule has 19 rings (SSSR count). The number of anilines is 4. The van der Waals surface area contributed by atoms with Gasteiger partial charge in [-0.25, -0.2) is 57.1 Å². The predicted octanol–water partition coefficient (Wildman–Crippen LogP) is 14.7. The Labute approximate surface area is 772 Å². The molecule has 3 fully saturated rings. The molecule has 2 amide bonds. The van der Waals surface area contributed by atoms with Gasteiger partial charge < -0.3 is 31.9 Å². The highest BCUT2D eigenvalue weighted by Crippen LogP contribution is 2.41. The summed E-state index contributed by atoms with van der Waals surface area (Å²) in [6, 6.07) is 32.8. The van der Waals surface area contributed by atoms with Crippen molar-refractivity contribution >= 4 is 56.3 Å². The first kappa shape index (κ1) is 91.5. The summed E-state index contributed by atoms with van der Waals surface area (Å²) in [6.07, 6.45) is 39.9. The summed E-state index contributed by atoms with van der Waals surface area (Å²) >= 11 is 1.45. The van der Waals surface area contributed by atoms with Crippen LogP contribution in [0.2, 0.25) is 0 Å². The van der Waals surface area contributed by atoms with Crippen LogP contribution in [0.25, 0.3) is 134 Å². The van der Waals surface area contributed by atoms with Crippen LogP contribution in [0.4, 0.5) is 32.1 Å². The number of halogens is 2. The molecule has 3 aliphatic rings. The number of amides is 2. The molecule has 3 aliphatic carbocycles. The highest BCUT2D eigenvalue weighted by atomic mass is 32.2. The van der Waals surface area contributed by atoms with Gasteiger partial charge >= 0.3 is 0 Å². The van der Waals surface area contributed by atoms with Crippen molar-refractivity contribution in [3.8, 4) is 134 Å². The Hall–Kier alpha value is -14.8. The lowest BCUT2D eigenvalue weighted by Crippen LogP contribution is -2.41. The van der Waals surface area contributed by atoms with E-state index in [0.29, 0.717) is 89.7 Å². The summed E-state index contributed by atoms with van der Waals surface area (Å²) in [5.74, 6) is 3.83. The fourth-order valence-electron chi connectivity index (χ4n) is 16.0. The zero-order valence-electron chi connectivity index (χ0n) is 75.6. The minimum absolute atomic E-state index is 0.0178. The maximum Gasteiger partial charge on any atom is 0.248 e. The third-order valence-corrected chi connectivity index (χ3v) is 25.0. The second kappa shape index (κ2) is 40.7. The Morgan fingerprint density at radius 3 is 1.02 bits per heavy atom. The number of alkyl halides is 2. The van der Waals surface area contributed by atoms with E-state index in [1.165, 1.54) is 17.6 Å². The van der Waals surface area contributed by atoms with E-state index in [1.807, 2.05) is 222 Å². The molecule has 4 aromatic carbocycles. The summed E-state index contributed by atoms with van der Waals surface area (Å²) in [5, 5.41) is 59.5. The molecular weight excluding hydrogens is 1730 g/mol. The van der Waals surface area contributed by atoms with Gasteiger partial charge in [-0.2, -0.15) is 35.7 Å².